The topological polar surface area (TPSA) is 103 Å². The maximum Gasteiger partial charge on any atom is 0.216 e. The Morgan fingerprint density at radius 3 is 2.93 bits per heavy atom. The normalized spacial score (nSPS) is 21.0. The first-order chi connectivity index (χ1) is 13.2. The van der Waals surface area contributed by atoms with E-state index in [9.17, 15) is 5.11 Å². The average Bonchev–Trinajstić information content (AvgIpc) is 3.08. The molecule has 27 heavy (non-hydrogen) atoms. The number of fused-ring (bicyclic) bond motifs is 1. The zero-order valence-electron chi connectivity index (χ0n) is 14.9. The molecule has 2 unspecified atom stereocenters. The highest BCUT2D eigenvalue weighted by Crippen LogP contribution is 2.55. The molecule has 3 aromatic heterocycles. The maximum atomic E-state index is 11.1. The fourth-order valence-corrected chi connectivity index (χ4v) is 5.60. The molecule has 3 aromatic rings. The van der Waals surface area contributed by atoms with E-state index in [-0.39, 0.29) is 0 Å². The summed E-state index contributed by atoms with van der Waals surface area (Å²) >= 11 is -1.06. The number of aliphatic hydroxyl groups is 1. The van der Waals surface area contributed by atoms with Gasteiger partial charge >= 0.3 is 0 Å². The minimum Gasteiger partial charge on any atom is -0.481 e. The number of nitrogens with zero attached hydrogens (tertiary/aromatic N) is 7. The number of hydrogen-bond acceptors (Lipinski definition) is 7. The summed E-state index contributed by atoms with van der Waals surface area (Å²) in [5.74, 6) is 1.85. The van der Waals surface area contributed by atoms with Crippen molar-refractivity contribution >= 4 is 21.9 Å². The van der Waals surface area contributed by atoms with Gasteiger partial charge in [-0.05, 0) is 25.8 Å². The van der Waals surface area contributed by atoms with Gasteiger partial charge in [0, 0.05) is 11.5 Å². The molecule has 9 nitrogen and oxygen atoms in total. The van der Waals surface area contributed by atoms with Crippen molar-refractivity contribution in [1.29, 1.82) is 0 Å². The molecule has 0 radical (unpaired) electrons. The number of methoxy groups -OCH3 is 1. The molecule has 1 aliphatic carbocycles. The molecule has 2 aliphatic rings. The predicted octanol–water partition coefficient (Wildman–Crippen LogP) is 2.08. The molecule has 4 heterocycles. The zero-order valence-corrected chi connectivity index (χ0v) is 15.8. The zero-order chi connectivity index (χ0) is 18.5. The van der Waals surface area contributed by atoms with Crippen LogP contribution in [-0.2, 0) is 0 Å². The lowest BCUT2D eigenvalue weighted by atomic mass is 10.3. The molecule has 0 bridgehead atoms. The van der Waals surface area contributed by atoms with Crippen LogP contribution in [0, 0.1) is 12.8 Å². The highest BCUT2D eigenvalue weighted by Gasteiger charge is 2.40. The monoisotopic (exact) mass is 385 g/mol. The van der Waals surface area contributed by atoms with Crippen molar-refractivity contribution in [2.45, 2.75) is 25.2 Å². The Balaban J connectivity index is 1.46. The van der Waals surface area contributed by atoms with Crippen LogP contribution in [0.15, 0.2) is 36.0 Å². The van der Waals surface area contributed by atoms with Crippen LogP contribution in [0.25, 0.3) is 5.69 Å². The van der Waals surface area contributed by atoms with Crippen molar-refractivity contribution in [2.24, 2.45) is 10.9 Å². The average molecular weight is 385 g/mol. The van der Waals surface area contributed by atoms with E-state index in [2.05, 4.69) is 20.3 Å². The van der Waals surface area contributed by atoms with E-state index < -0.39 is 16.5 Å². The number of imidazole rings is 1. The molecule has 2 atom stereocenters. The second-order valence-corrected chi connectivity index (χ2v) is 8.73. The lowest BCUT2D eigenvalue weighted by Crippen LogP contribution is -2.12. The molecule has 140 valence electrons. The largest absolute Gasteiger partial charge is 0.481 e. The van der Waals surface area contributed by atoms with Gasteiger partial charge in [0.2, 0.25) is 5.88 Å². The van der Waals surface area contributed by atoms with Crippen molar-refractivity contribution in [2.75, 3.05) is 7.11 Å². The molecule has 1 aliphatic heterocycles. The summed E-state index contributed by atoms with van der Waals surface area (Å²) in [6.45, 7) is 1.92. The molecule has 5 rings (SSSR count). The molecule has 1 N–H and O–H groups in total. The van der Waals surface area contributed by atoms with E-state index in [1.807, 2.05) is 17.0 Å². The van der Waals surface area contributed by atoms with Crippen LogP contribution in [0.3, 0.4) is 0 Å². The Bertz CT molecular complexity index is 1040. The molecule has 1 saturated carbocycles. The van der Waals surface area contributed by atoms with Crippen LogP contribution < -0.4 is 4.74 Å². The Labute approximate surface area is 158 Å². The van der Waals surface area contributed by atoms with E-state index in [1.165, 1.54) is 0 Å². The number of rotatable bonds is 5. The van der Waals surface area contributed by atoms with Gasteiger partial charge < -0.3 is 9.84 Å². The Hall–Kier alpha value is -2.72. The van der Waals surface area contributed by atoms with Gasteiger partial charge in [-0.1, -0.05) is 16.3 Å². The second kappa shape index (κ2) is 6.17. The fourth-order valence-electron chi connectivity index (χ4n) is 3.20. The standard InChI is InChI=1S/C17H19N7O2S/c1-10-5-12(6-19-15(10)26-2)23-8-13(21-22-23)17(25)27-16(11-3-4-11)20-14-7-18-9-24(14)27/h5-9,11,17,25,27H,3-4H2,1-2H3. The SMILES string of the molecule is COc1ncc(-n2cc(C(O)[SH]3C(C4CC4)=Nc4cncn43)nn2)cc1C. The molecule has 1 fully saturated rings. The Morgan fingerprint density at radius 2 is 2.19 bits per heavy atom. The molecule has 0 saturated heterocycles. The highest BCUT2D eigenvalue weighted by atomic mass is 32.2. The van der Waals surface area contributed by atoms with Crippen molar-refractivity contribution in [3.05, 3.63) is 42.2 Å². The number of pyridine rings is 1. The summed E-state index contributed by atoms with van der Waals surface area (Å²) in [4.78, 5) is 13.1. The highest BCUT2D eigenvalue weighted by molar-refractivity contribution is 8.29. The number of ether oxygens (including phenoxy) is 1. The quantitative estimate of drug-likeness (QED) is 0.652. The van der Waals surface area contributed by atoms with Gasteiger partial charge in [-0.15, -0.1) is 5.10 Å². The minimum atomic E-state index is -1.06. The van der Waals surface area contributed by atoms with Crippen molar-refractivity contribution < 1.29 is 9.84 Å². The summed E-state index contributed by atoms with van der Waals surface area (Å²) in [7, 11) is 1.59. The summed E-state index contributed by atoms with van der Waals surface area (Å²) < 4.78 is 8.79. The third-order valence-electron chi connectivity index (χ3n) is 4.72. The first-order valence-corrected chi connectivity index (χ1v) is 10.0. The maximum absolute atomic E-state index is 11.1. The Kier molecular flexibility index (Phi) is 3.76. The van der Waals surface area contributed by atoms with Crippen molar-refractivity contribution in [3.63, 3.8) is 0 Å². The van der Waals surface area contributed by atoms with Gasteiger partial charge in [0.1, 0.15) is 17.5 Å². The summed E-state index contributed by atoms with van der Waals surface area (Å²) in [6, 6.07) is 1.92. The van der Waals surface area contributed by atoms with Crippen molar-refractivity contribution in [3.8, 4) is 11.6 Å². The van der Waals surface area contributed by atoms with Crippen LogP contribution >= 0.6 is 11.1 Å². The lowest BCUT2D eigenvalue weighted by Gasteiger charge is -2.24. The first kappa shape index (κ1) is 16.5. The molecule has 0 aromatic carbocycles. The molecular weight excluding hydrogens is 366 g/mol. The van der Waals surface area contributed by atoms with E-state index in [0.717, 1.165) is 35.0 Å². The van der Waals surface area contributed by atoms with E-state index in [4.69, 9.17) is 9.73 Å². The number of aromatic nitrogens is 6. The van der Waals surface area contributed by atoms with Gasteiger partial charge in [-0.25, -0.2) is 19.6 Å². The number of thiol groups is 1. The van der Waals surface area contributed by atoms with Crippen LogP contribution in [-0.4, -0.2) is 46.2 Å². The third-order valence-corrected chi connectivity index (χ3v) is 7.16. The number of aliphatic imine (C=N–C) groups is 1. The number of aryl methyl sites for hydroxylation is 1. The minimum absolute atomic E-state index is 0.467. The van der Waals surface area contributed by atoms with Crippen molar-refractivity contribution in [1.82, 2.24) is 28.9 Å². The second-order valence-electron chi connectivity index (χ2n) is 6.67. The number of aliphatic hydroxyl groups excluding tert-OH is 1. The molecule has 10 heteroatoms. The van der Waals surface area contributed by atoms with E-state index in [1.54, 1.807) is 36.7 Å². The molecule has 0 amide bonds. The van der Waals surface area contributed by atoms with Crippen LogP contribution in [0.4, 0.5) is 5.82 Å². The van der Waals surface area contributed by atoms with Crippen LogP contribution in [0.1, 0.15) is 29.5 Å². The van der Waals surface area contributed by atoms with Gasteiger partial charge in [-0.3, -0.25) is 3.97 Å². The van der Waals surface area contributed by atoms with Crippen LogP contribution in [0.2, 0.25) is 0 Å². The molecule has 0 spiro atoms. The summed E-state index contributed by atoms with van der Waals surface area (Å²) in [5.41, 5.74) is 1.40. The van der Waals surface area contributed by atoms with Gasteiger partial charge in [0.25, 0.3) is 0 Å². The van der Waals surface area contributed by atoms with Gasteiger partial charge in [0.05, 0.1) is 36.4 Å². The summed E-state index contributed by atoms with van der Waals surface area (Å²) in [6.07, 6.45) is 9.15. The lowest BCUT2D eigenvalue weighted by molar-refractivity contribution is 0.263. The summed E-state index contributed by atoms with van der Waals surface area (Å²) in [5, 5.41) is 20.5. The predicted molar refractivity (Wildman–Crippen MR) is 102 cm³/mol. The van der Waals surface area contributed by atoms with E-state index >= 15 is 0 Å². The third kappa shape index (κ3) is 2.72. The Morgan fingerprint density at radius 1 is 1.33 bits per heavy atom. The molecular formula is C17H19N7O2S. The smallest absolute Gasteiger partial charge is 0.216 e. The van der Waals surface area contributed by atoms with E-state index in [0.29, 0.717) is 17.5 Å². The first-order valence-electron chi connectivity index (χ1n) is 8.67. The van der Waals surface area contributed by atoms with Crippen LogP contribution in [0.5, 0.6) is 5.88 Å². The van der Waals surface area contributed by atoms with Gasteiger partial charge in [-0.2, -0.15) is 0 Å². The number of hydrogen-bond donors (Lipinski definition) is 2. The fraction of sp³-hybridized carbons (Fsp3) is 0.353. The van der Waals surface area contributed by atoms with Gasteiger partial charge in [0.15, 0.2) is 5.82 Å².